The van der Waals surface area contributed by atoms with Gasteiger partial charge in [-0.05, 0) is 65.2 Å². The van der Waals surface area contributed by atoms with Crippen LogP contribution in [0.2, 0.25) is 0 Å². The van der Waals surface area contributed by atoms with Crippen molar-refractivity contribution in [3.05, 3.63) is 28.2 Å². The van der Waals surface area contributed by atoms with Gasteiger partial charge in [-0.3, -0.25) is 0 Å². The van der Waals surface area contributed by atoms with E-state index in [1.165, 1.54) is 12.5 Å². The molecule has 0 saturated heterocycles. The first-order valence-corrected chi connectivity index (χ1v) is 9.65. The first-order chi connectivity index (χ1) is 9.96. The lowest BCUT2D eigenvalue weighted by atomic mass is 9.85. The molecule has 1 saturated carbocycles. The molecule has 118 valence electrons. The second kappa shape index (κ2) is 7.22. The second-order valence-electron chi connectivity index (χ2n) is 5.67. The van der Waals surface area contributed by atoms with Crippen LogP contribution in [0.3, 0.4) is 0 Å². The van der Waals surface area contributed by atoms with Gasteiger partial charge in [-0.2, -0.15) is 0 Å². The zero-order valence-corrected chi connectivity index (χ0v) is 14.6. The number of benzene rings is 1. The van der Waals surface area contributed by atoms with Crippen molar-refractivity contribution in [1.82, 2.24) is 4.72 Å². The summed E-state index contributed by atoms with van der Waals surface area (Å²) in [5.74, 6) is 0.732. The van der Waals surface area contributed by atoms with Crippen LogP contribution in [0.25, 0.3) is 0 Å². The third-order valence-electron chi connectivity index (χ3n) is 4.21. The van der Waals surface area contributed by atoms with Gasteiger partial charge in [0.1, 0.15) is 0 Å². The third-order valence-corrected chi connectivity index (χ3v) is 6.73. The van der Waals surface area contributed by atoms with E-state index in [4.69, 9.17) is 5.11 Å². The van der Waals surface area contributed by atoms with E-state index < -0.39 is 10.0 Å². The summed E-state index contributed by atoms with van der Waals surface area (Å²) >= 11 is 3.28. The van der Waals surface area contributed by atoms with E-state index in [0.717, 1.165) is 31.6 Å². The SMILES string of the molecule is CCC1CCC(NS(=O)(=O)c2cc(CO)ccc2Br)CC1. The van der Waals surface area contributed by atoms with E-state index in [9.17, 15) is 8.42 Å². The Labute approximate surface area is 135 Å². The van der Waals surface area contributed by atoms with Crippen molar-refractivity contribution in [3.63, 3.8) is 0 Å². The minimum Gasteiger partial charge on any atom is -0.392 e. The fraction of sp³-hybridized carbons (Fsp3) is 0.600. The van der Waals surface area contributed by atoms with Crippen LogP contribution in [0, 0.1) is 5.92 Å². The zero-order chi connectivity index (χ0) is 15.5. The number of hydrogen-bond donors (Lipinski definition) is 2. The Morgan fingerprint density at radius 1 is 1.29 bits per heavy atom. The number of aliphatic hydroxyl groups excluding tert-OH is 1. The lowest BCUT2D eigenvalue weighted by Gasteiger charge is -2.28. The summed E-state index contributed by atoms with van der Waals surface area (Å²) in [6, 6.07) is 4.90. The Kier molecular flexibility index (Phi) is 5.82. The molecule has 6 heteroatoms. The third kappa shape index (κ3) is 4.28. The molecule has 2 N–H and O–H groups in total. The smallest absolute Gasteiger partial charge is 0.241 e. The van der Waals surface area contributed by atoms with Crippen molar-refractivity contribution in [3.8, 4) is 0 Å². The van der Waals surface area contributed by atoms with Gasteiger partial charge >= 0.3 is 0 Å². The number of rotatable bonds is 5. The summed E-state index contributed by atoms with van der Waals surface area (Å²) in [6.45, 7) is 2.02. The topological polar surface area (TPSA) is 66.4 Å². The molecule has 0 unspecified atom stereocenters. The molecule has 0 radical (unpaired) electrons. The largest absolute Gasteiger partial charge is 0.392 e. The fourth-order valence-corrected chi connectivity index (χ4v) is 5.14. The van der Waals surface area contributed by atoms with Crippen LogP contribution < -0.4 is 4.72 Å². The molecular weight excluding hydrogens is 354 g/mol. The van der Waals surface area contributed by atoms with Crippen LogP contribution in [-0.2, 0) is 16.6 Å². The highest BCUT2D eigenvalue weighted by atomic mass is 79.9. The molecule has 21 heavy (non-hydrogen) atoms. The lowest BCUT2D eigenvalue weighted by Crippen LogP contribution is -2.37. The average molecular weight is 376 g/mol. The fourth-order valence-electron chi connectivity index (χ4n) is 2.82. The number of aliphatic hydroxyl groups is 1. The molecule has 1 fully saturated rings. The molecular formula is C15H22BrNO3S. The van der Waals surface area contributed by atoms with Crippen molar-refractivity contribution in [2.75, 3.05) is 0 Å². The van der Waals surface area contributed by atoms with E-state index in [1.807, 2.05) is 0 Å². The van der Waals surface area contributed by atoms with E-state index in [0.29, 0.717) is 10.0 Å². The molecule has 1 aliphatic rings. The minimum absolute atomic E-state index is 0.0162. The molecule has 0 aliphatic heterocycles. The normalized spacial score (nSPS) is 23.2. The zero-order valence-electron chi connectivity index (χ0n) is 12.2. The predicted octanol–water partition coefficient (Wildman–Crippen LogP) is 3.19. The van der Waals surface area contributed by atoms with E-state index >= 15 is 0 Å². The van der Waals surface area contributed by atoms with Gasteiger partial charge in [0, 0.05) is 10.5 Å². The van der Waals surface area contributed by atoms with Crippen LogP contribution in [0.5, 0.6) is 0 Å². The van der Waals surface area contributed by atoms with Crippen molar-refractivity contribution in [1.29, 1.82) is 0 Å². The van der Waals surface area contributed by atoms with Gasteiger partial charge in [-0.15, -0.1) is 0 Å². The number of halogens is 1. The highest BCUT2D eigenvalue weighted by Crippen LogP contribution is 2.29. The monoisotopic (exact) mass is 375 g/mol. The van der Waals surface area contributed by atoms with Crippen LogP contribution in [-0.4, -0.2) is 19.6 Å². The summed E-state index contributed by atoms with van der Waals surface area (Å²) in [6.07, 6.45) is 5.14. The summed E-state index contributed by atoms with van der Waals surface area (Å²) in [5.41, 5.74) is 0.591. The first-order valence-electron chi connectivity index (χ1n) is 7.38. The van der Waals surface area contributed by atoms with Gasteiger partial charge in [0.2, 0.25) is 10.0 Å². The van der Waals surface area contributed by atoms with Crippen LogP contribution in [0.15, 0.2) is 27.6 Å². The maximum absolute atomic E-state index is 12.5. The van der Waals surface area contributed by atoms with Crippen LogP contribution in [0.1, 0.15) is 44.6 Å². The standard InChI is InChI=1S/C15H22BrNO3S/c1-2-11-3-6-13(7-4-11)17-21(19,20)15-9-12(10-18)5-8-14(15)16/h5,8-9,11,13,17-18H,2-4,6-7,10H2,1H3. The lowest BCUT2D eigenvalue weighted by molar-refractivity contribution is 0.281. The molecule has 0 atom stereocenters. The summed E-state index contributed by atoms with van der Waals surface area (Å²) in [5, 5.41) is 9.17. The highest BCUT2D eigenvalue weighted by molar-refractivity contribution is 9.10. The van der Waals surface area contributed by atoms with E-state index in [1.54, 1.807) is 12.1 Å². The predicted molar refractivity (Wildman–Crippen MR) is 86.4 cm³/mol. The van der Waals surface area contributed by atoms with Crippen LogP contribution in [0.4, 0.5) is 0 Å². The molecule has 4 nitrogen and oxygen atoms in total. The quantitative estimate of drug-likeness (QED) is 0.830. The Bertz CT molecular complexity index is 581. The van der Waals surface area contributed by atoms with E-state index in [-0.39, 0.29) is 17.5 Å². The van der Waals surface area contributed by atoms with Gasteiger partial charge in [0.05, 0.1) is 11.5 Å². The summed E-state index contributed by atoms with van der Waals surface area (Å²) in [4.78, 5) is 0.201. The van der Waals surface area contributed by atoms with Gasteiger partial charge in [-0.1, -0.05) is 19.4 Å². The number of hydrogen-bond acceptors (Lipinski definition) is 3. The Morgan fingerprint density at radius 3 is 2.52 bits per heavy atom. The Hall–Kier alpha value is -0.430. The summed E-state index contributed by atoms with van der Waals surface area (Å²) in [7, 11) is -3.56. The summed E-state index contributed by atoms with van der Waals surface area (Å²) < 4.78 is 28.4. The first kappa shape index (κ1) is 16.9. The van der Waals surface area contributed by atoms with Crippen LogP contribution >= 0.6 is 15.9 Å². The van der Waals surface area contributed by atoms with Gasteiger partial charge in [-0.25, -0.2) is 13.1 Å². The highest BCUT2D eigenvalue weighted by Gasteiger charge is 2.26. The van der Waals surface area contributed by atoms with Gasteiger partial charge in [0.25, 0.3) is 0 Å². The van der Waals surface area contributed by atoms with Crippen molar-refractivity contribution in [2.45, 2.75) is 56.6 Å². The van der Waals surface area contributed by atoms with Gasteiger partial charge in [0.15, 0.2) is 0 Å². The molecule has 0 amide bonds. The molecule has 0 spiro atoms. The molecule has 2 rings (SSSR count). The van der Waals surface area contributed by atoms with Crippen molar-refractivity contribution >= 4 is 26.0 Å². The molecule has 1 aromatic carbocycles. The Balaban J connectivity index is 2.12. The average Bonchev–Trinajstić information content (AvgIpc) is 2.48. The molecule has 0 aromatic heterocycles. The van der Waals surface area contributed by atoms with E-state index in [2.05, 4.69) is 27.6 Å². The van der Waals surface area contributed by atoms with Gasteiger partial charge < -0.3 is 5.11 Å². The second-order valence-corrected chi connectivity index (χ2v) is 8.21. The Morgan fingerprint density at radius 2 is 1.95 bits per heavy atom. The molecule has 0 bridgehead atoms. The maximum Gasteiger partial charge on any atom is 0.241 e. The molecule has 0 heterocycles. The molecule has 1 aromatic rings. The maximum atomic E-state index is 12.5. The number of sulfonamides is 1. The number of nitrogens with one attached hydrogen (secondary N) is 1. The minimum atomic E-state index is -3.56. The van der Waals surface area contributed by atoms with Crippen molar-refractivity contribution < 1.29 is 13.5 Å². The molecule has 1 aliphatic carbocycles. The van der Waals surface area contributed by atoms with Crippen molar-refractivity contribution in [2.24, 2.45) is 5.92 Å².